The van der Waals surface area contributed by atoms with Crippen LogP contribution in [-0.2, 0) is 0 Å². The van der Waals surface area contributed by atoms with Gasteiger partial charge in [0.1, 0.15) is 6.33 Å². The molecule has 2 aromatic heterocycles. The minimum absolute atomic E-state index is 0.643. The van der Waals surface area contributed by atoms with Gasteiger partial charge >= 0.3 is 0 Å². The summed E-state index contributed by atoms with van der Waals surface area (Å²) in [6, 6.07) is 18.2. The van der Waals surface area contributed by atoms with E-state index in [1.807, 2.05) is 11.3 Å². The van der Waals surface area contributed by atoms with Gasteiger partial charge in [-0.2, -0.15) is 0 Å². The van der Waals surface area contributed by atoms with Gasteiger partial charge in [0.25, 0.3) is 0 Å². The van der Waals surface area contributed by atoms with Crippen molar-refractivity contribution in [3.63, 3.8) is 0 Å². The lowest BCUT2D eigenvalue weighted by atomic mass is 9.81. The number of hydrogen-bond donors (Lipinski definition) is 0. The van der Waals surface area contributed by atoms with Crippen LogP contribution in [0.3, 0.4) is 0 Å². The average Bonchev–Trinajstić information content (AvgIpc) is 3.19. The number of thiophene rings is 1. The van der Waals surface area contributed by atoms with E-state index in [-0.39, 0.29) is 0 Å². The zero-order valence-corrected chi connectivity index (χ0v) is 21.9. The van der Waals surface area contributed by atoms with Crippen molar-refractivity contribution < 1.29 is 0 Å². The number of aromatic nitrogens is 2. The van der Waals surface area contributed by atoms with Crippen molar-refractivity contribution in [2.24, 2.45) is 0 Å². The summed E-state index contributed by atoms with van der Waals surface area (Å²) in [4.78, 5) is 11.0. The molecule has 6 rings (SSSR count). The number of hydrogen-bond acceptors (Lipinski definition) is 3. The Hall–Kier alpha value is -3.04. The molecule has 1 saturated carbocycles. The van der Waals surface area contributed by atoms with Crippen molar-refractivity contribution in [1.29, 1.82) is 0 Å². The lowest BCUT2D eigenvalue weighted by molar-refractivity contribution is 0.445. The molecule has 1 aliphatic carbocycles. The van der Waals surface area contributed by atoms with Crippen molar-refractivity contribution in [3.8, 4) is 21.7 Å². The van der Waals surface area contributed by atoms with Crippen LogP contribution in [0.15, 0.2) is 54.9 Å². The lowest BCUT2D eigenvalue weighted by Gasteiger charge is -2.24. The monoisotopic (exact) mass is 476 g/mol. The number of aryl methyl sites for hydroxylation is 4. The zero-order valence-electron chi connectivity index (χ0n) is 21.1. The van der Waals surface area contributed by atoms with Crippen molar-refractivity contribution >= 4 is 32.3 Å². The van der Waals surface area contributed by atoms with Gasteiger partial charge in [0.05, 0.1) is 15.9 Å². The fourth-order valence-electron chi connectivity index (χ4n) is 6.23. The summed E-state index contributed by atoms with van der Waals surface area (Å²) in [6.07, 6.45) is 8.39. The summed E-state index contributed by atoms with van der Waals surface area (Å²) in [5.74, 6) is 0.643. The molecule has 1 aliphatic rings. The summed E-state index contributed by atoms with van der Waals surface area (Å²) in [5, 5.41) is 2.72. The smallest absolute Gasteiger partial charge is 0.116 e. The van der Waals surface area contributed by atoms with E-state index in [1.165, 1.54) is 91.4 Å². The fraction of sp³-hybridized carbons (Fsp3) is 0.312. The van der Waals surface area contributed by atoms with E-state index in [0.717, 1.165) is 11.2 Å². The average molecular weight is 477 g/mol. The molecule has 3 heteroatoms. The Morgan fingerprint density at radius 2 is 1.57 bits per heavy atom. The number of nitrogens with zero attached hydrogens (tertiary/aromatic N) is 2. The van der Waals surface area contributed by atoms with Crippen LogP contribution in [0.5, 0.6) is 0 Å². The molecule has 0 atom stereocenters. The molecule has 0 saturated heterocycles. The SMILES string of the molecule is Cc1cc(C)c(-c2sc3c(-c4cc(C5CCCCC5)c5ccccc5c4)ncnc3c2C)c(C)c1. The zero-order chi connectivity index (χ0) is 24.1. The van der Waals surface area contributed by atoms with Crippen LogP contribution >= 0.6 is 11.3 Å². The first-order valence-corrected chi connectivity index (χ1v) is 13.7. The van der Waals surface area contributed by atoms with Gasteiger partial charge in [-0.05, 0) is 97.2 Å². The molecule has 0 aliphatic heterocycles. The molecular formula is C32H32N2S. The highest BCUT2D eigenvalue weighted by atomic mass is 32.1. The van der Waals surface area contributed by atoms with Gasteiger partial charge in [0.2, 0.25) is 0 Å². The van der Waals surface area contributed by atoms with Gasteiger partial charge in [0, 0.05) is 10.4 Å². The Balaban J connectivity index is 1.57. The molecule has 2 heterocycles. The summed E-state index contributed by atoms with van der Waals surface area (Å²) >= 11 is 1.85. The first-order chi connectivity index (χ1) is 17.0. The second-order valence-corrected chi connectivity index (χ2v) is 11.4. The van der Waals surface area contributed by atoms with Crippen molar-refractivity contribution in [3.05, 3.63) is 82.7 Å². The highest BCUT2D eigenvalue weighted by Crippen LogP contribution is 2.45. The normalized spacial score (nSPS) is 14.7. The Labute approximate surface area is 212 Å². The molecule has 2 nitrogen and oxygen atoms in total. The van der Waals surface area contributed by atoms with Crippen LogP contribution in [0.1, 0.15) is 65.8 Å². The number of benzene rings is 3. The third-order valence-corrected chi connectivity index (χ3v) is 9.13. The Bertz CT molecular complexity index is 1550. The Morgan fingerprint density at radius 3 is 2.34 bits per heavy atom. The van der Waals surface area contributed by atoms with Crippen molar-refractivity contribution in [1.82, 2.24) is 9.97 Å². The van der Waals surface area contributed by atoms with E-state index in [0.29, 0.717) is 5.92 Å². The number of rotatable bonds is 3. The predicted molar refractivity (Wildman–Crippen MR) is 151 cm³/mol. The quantitative estimate of drug-likeness (QED) is 0.259. The second-order valence-electron chi connectivity index (χ2n) is 10.4. The van der Waals surface area contributed by atoms with Gasteiger partial charge < -0.3 is 0 Å². The van der Waals surface area contributed by atoms with Gasteiger partial charge in [-0.25, -0.2) is 9.97 Å². The molecule has 0 bridgehead atoms. The summed E-state index contributed by atoms with van der Waals surface area (Å²) in [6.45, 7) is 8.85. The minimum Gasteiger partial charge on any atom is -0.235 e. The van der Waals surface area contributed by atoms with Crippen LogP contribution in [0.2, 0.25) is 0 Å². The Morgan fingerprint density at radius 1 is 0.829 bits per heavy atom. The molecule has 3 aromatic carbocycles. The highest BCUT2D eigenvalue weighted by Gasteiger charge is 2.22. The van der Waals surface area contributed by atoms with E-state index in [2.05, 4.69) is 76.2 Å². The molecular weight excluding hydrogens is 444 g/mol. The largest absolute Gasteiger partial charge is 0.235 e. The number of fused-ring (bicyclic) bond motifs is 2. The topological polar surface area (TPSA) is 25.8 Å². The van der Waals surface area contributed by atoms with Crippen LogP contribution in [0, 0.1) is 27.7 Å². The first-order valence-electron chi connectivity index (χ1n) is 12.9. The van der Waals surface area contributed by atoms with Crippen LogP contribution in [0.4, 0.5) is 0 Å². The maximum Gasteiger partial charge on any atom is 0.116 e. The first kappa shape index (κ1) is 22.4. The van der Waals surface area contributed by atoms with Gasteiger partial charge in [-0.3, -0.25) is 0 Å². The van der Waals surface area contributed by atoms with E-state index in [1.54, 1.807) is 6.33 Å². The van der Waals surface area contributed by atoms with Crippen molar-refractivity contribution in [2.45, 2.75) is 65.7 Å². The summed E-state index contributed by atoms with van der Waals surface area (Å²) in [5.41, 5.74) is 11.5. The molecule has 1 fully saturated rings. The Kier molecular flexibility index (Phi) is 5.69. The lowest BCUT2D eigenvalue weighted by Crippen LogP contribution is -2.05. The second kappa shape index (κ2) is 8.87. The van der Waals surface area contributed by atoms with E-state index < -0.39 is 0 Å². The summed E-state index contributed by atoms with van der Waals surface area (Å²) < 4.78 is 1.20. The van der Waals surface area contributed by atoms with Crippen LogP contribution in [-0.4, -0.2) is 9.97 Å². The summed E-state index contributed by atoms with van der Waals surface area (Å²) in [7, 11) is 0. The molecule has 0 spiro atoms. The minimum atomic E-state index is 0.643. The van der Waals surface area contributed by atoms with E-state index in [4.69, 9.17) is 9.97 Å². The van der Waals surface area contributed by atoms with E-state index in [9.17, 15) is 0 Å². The highest BCUT2D eigenvalue weighted by molar-refractivity contribution is 7.23. The molecule has 0 radical (unpaired) electrons. The molecule has 5 aromatic rings. The molecule has 0 amide bonds. The molecule has 35 heavy (non-hydrogen) atoms. The van der Waals surface area contributed by atoms with Gasteiger partial charge in [-0.15, -0.1) is 11.3 Å². The fourth-order valence-corrected chi connectivity index (χ4v) is 7.68. The maximum absolute atomic E-state index is 4.88. The molecule has 0 unspecified atom stereocenters. The van der Waals surface area contributed by atoms with Gasteiger partial charge in [0.15, 0.2) is 0 Å². The van der Waals surface area contributed by atoms with E-state index >= 15 is 0 Å². The third-order valence-electron chi connectivity index (χ3n) is 7.82. The van der Waals surface area contributed by atoms with Gasteiger partial charge in [-0.1, -0.05) is 61.2 Å². The molecule has 176 valence electrons. The van der Waals surface area contributed by atoms with Crippen LogP contribution in [0.25, 0.3) is 42.7 Å². The standard InChI is InChI=1S/C32H32N2S/c1-19-14-20(2)28(21(3)15-19)31-22(4)29-32(35-31)30(34-18-33-29)25-16-24-12-8-9-13-26(24)27(17-25)23-10-6-5-7-11-23/h8-9,12-18,23H,5-7,10-11H2,1-4H3. The maximum atomic E-state index is 4.88. The third kappa shape index (κ3) is 3.87. The van der Waals surface area contributed by atoms with Crippen LogP contribution < -0.4 is 0 Å². The van der Waals surface area contributed by atoms with Crippen molar-refractivity contribution in [2.75, 3.05) is 0 Å². The predicted octanol–water partition coefficient (Wildman–Crippen LogP) is 9.46. The molecule has 0 N–H and O–H groups in total.